The zero-order chi connectivity index (χ0) is 20.7. The second-order valence-electron chi connectivity index (χ2n) is 7.11. The van der Waals surface area contributed by atoms with Crippen LogP contribution < -0.4 is 10.2 Å². The van der Waals surface area contributed by atoms with Crippen LogP contribution in [0, 0.1) is 13.8 Å². The molecule has 1 N–H and O–H groups in total. The zero-order valence-corrected chi connectivity index (χ0v) is 17.4. The smallest absolute Gasteiger partial charge is 0.292 e. The Morgan fingerprint density at radius 3 is 2.69 bits per heavy atom. The highest BCUT2D eigenvalue weighted by Crippen LogP contribution is 2.28. The molecular formula is C22H21ClN4O2. The van der Waals surface area contributed by atoms with Gasteiger partial charge in [-0.2, -0.15) is 0 Å². The van der Waals surface area contributed by atoms with Crippen LogP contribution in [-0.4, -0.2) is 29.4 Å². The number of halogens is 1. The molecule has 1 aromatic carbocycles. The molecule has 3 heterocycles. The molecule has 3 aromatic heterocycles. The molecular weight excluding hydrogens is 388 g/mol. The van der Waals surface area contributed by atoms with Crippen LogP contribution in [0.2, 0.25) is 5.02 Å². The van der Waals surface area contributed by atoms with E-state index in [1.165, 1.54) is 0 Å². The van der Waals surface area contributed by atoms with Crippen LogP contribution in [0.15, 0.2) is 53.1 Å². The maximum absolute atomic E-state index is 12.8. The third-order valence-electron chi connectivity index (χ3n) is 4.80. The van der Waals surface area contributed by atoms with Gasteiger partial charge in [0.25, 0.3) is 5.91 Å². The van der Waals surface area contributed by atoms with Crippen molar-refractivity contribution in [3.63, 3.8) is 0 Å². The molecule has 148 valence electrons. The summed E-state index contributed by atoms with van der Waals surface area (Å²) in [6, 6.07) is 13.1. The third-order valence-corrected chi connectivity index (χ3v) is 5.10. The van der Waals surface area contributed by atoms with Crippen LogP contribution in [0.1, 0.15) is 21.8 Å². The van der Waals surface area contributed by atoms with Gasteiger partial charge in [0.2, 0.25) is 0 Å². The number of hydrogen-bond acceptors (Lipinski definition) is 4. The summed E-state index contributed by atoms with van der Waals surface area (Å²) in [4.78, 5) is 19.2. The van der Waals surface area contributed by atoms with E-state index in [0.717, 1.165) is 16.8 Å². The molecule has 0 atom stereocenters. The van der Waals surface area contributed by atoms with Gasteiger partial charge in [-0.25, -0.2) is 4.98 Å². The Morgan fingerprint density at radius 2 is 1.97 bits per heavy atom. The average molecular weight is 409 g/mol. The molecule has 4 rings (SSSR count). The van der Waals surface area contributed by atoms with Gasteiger partial charge in [0.15, 0.2) is 11.4 Å². The van der Waals surface area contributed by atoms with Crippen molar-refractivity contribution in [1.82, 2.24) is 9.38 Å². The minimum atomic E-state index is -0.345. The van der Waals surface area contributed by atoms with Crippen LogP contribution >= 0.6 is 11.6 Å². The fourth-order valence-corrected chi connectivity index (χ4v) is 3.60. The molecule has 0 saturated heterocycles. The number of hydrogen-bond donors (Lipinski definition) is 1. The molecule has 0 unspecified atom stereocenters. The number of furan rings is 1. The molecule has 0 aliphatic heterocycles. The van der Waals surface area contributed by atoms with Gasteiger partial charge < -0.3 is 14.6 Å². The maximum Gasteiger partial charge on any atom is 0.292 e. The first kappa shape index (κ1) is 19.1. The van der Waals surface area contributed by atoms with Crippen molar-refractivity contribution in [2.45, 2.75) is 13.8 Å². The van der Waals surface area contributed by atoms with Gasteiger partial charge >= 0.3 is 0 Å². The van der Waals surface area contributed by atoms with E-state index in [4.69, 9.17) is 16.0 Å². The summed E-state index contributed by atoms with van der Waals surface area (Å²) in [6.45, 7) is 3.87. The van der Waals surface area contributed by atoms with Gasteiger partial charge in [0.1, 0.15) is 11.6 Å². The summed E-state index contributed by atoms with van der Waals surface area (Å²) in [5.41, 5.74) is 4.46. The lowest BCUT2D eigenvalue weighted by atomic mass is 10.1. The fraction of sp³-hybridized carbons (Fsp3) is 0.182. The Hall–Kier alpha value is -3.25. The lowest BCUT2D eigenvalue weighted by Gasteiger charge is -2.15. The van der Waals surface area contributed by atoms with E-state index in [1.54, 1.807) is 34.9 Å². The number of benzene rings is 1. The molecule has 0 aliphatic rings. The summed E-state index contributed by atoms with van der Waals surface area (Å²) >= 11 is 6.19. The minimum absolute atomic E-state index is 0.228. The number of amides is 1. The van der Waals surface area contributed by atoms with Gasteiger partial charge in [0, 0.05) is 31.5 Å². The van der Waals surface area contributed by atoms with Crippen molar-refractivity contribution in [3.05, 3.63) is 70.7 Å². The Balaban J connectivity index is 1.61. The molecule has 0 saturated carbocycles. The number of carbonyl (C=O) groups is 1. The van der Waals surface area contributed by atoms with Crippen LogP contribution in [0.5, 0.6) is 0 Å². The number of fused-ring (bicyclic) bond motifs is 1. The number of aryl methyl sites for hydroxylation is 2. The molecule has 29 heavy (non-hydrogen) atoms. The quantitative estimate of drug-likeness (QED) is 0.505. The second-order valence-corrected chi connectivity index (χ2v) is 7.52. The van der Waals surface area contributed by atoms with Crippen molar-refractivity contribution in [1.29, 1.82) is 0 Å². The monoisotopic (exact) mass is 408 g/mol. The summed E-state index contributed by atoms with van der Waals surface area (Å²) in [5, 5.41) is 3.40. The van der Waals surface area contributed by atoms with E-state index in [1.807, 2.05) is 46.1 Å². The van der Waals surface area contributed by atoms with E-state index in [-0.39, 0.29) is 11.7 Å². The van der Waals surface area contributed by atoms with Gasteiger partial charge in [-0.1, -0.05) is 11.6 Å². The van der Waals surface area contributed by atoms with Gasteiger partial charge in [-0.05, 0) is 61.9 Å². The normalized spacial score (nSPS) is 11.1. The average Bonchev–Trinajstić information content (AvgIpc) is 3.28. The molecule has 1 amide bonds. The Morgan fingerprint density at radius 1 is 1.17 bits per heavy atom. The van der Waals surface area contributed by atoms with Crippen LogP contribution in [0.3, 0.4) is 0 Å². The number of imidazole rings is 1. The Labute approximate surface area is 173 Å². The summed E-state index contributed by atoms with van der Waals surface area (Å²) < 4.78 is 7.58. The number of aromatic nitrogens is 2. The zero-order valence-electron chi connectivity index (χ0n) is 16.7. The highest BCUT2D eigenvalue weighted by atomic mass is 35.5. The first-order valence-corrected chi connectivity index (χ1v) is 9.55. The summed E-state index contributed by atoms with van der Waals surface area (Å²) in [7, 11) is 4.01. The minimum Gasteiger partial charge on any atom is -0.451 e. The first-order valence-electron chi connectivity index (χ1n) is 9.18. The first-order chi connectivity index (χ1) is 13.8. The van der Waals surface area contributed by atoms with Gasteiger partial charge in [0.05, 0.1) is 10.7 Å². The number of anilines is 2. The maximum atomic E-state index is 12.8. The third kappa shape index (κ3) is 3.47. The van der Waals surface area contributed by atoms with Crippen LogP contribution in [0.4, 0.5) is 11.5 Å². The predicted octanol–water partition coefficient (Wildman–Crippen LogP) is 5.18. The predicted molar refractivity (Wildman–Crippen MR) is 116 cm³/mol. The molecule has 0 spiro atoms. The molecule has 0 bridgehead atoms. The van der Waals surface area contributed by atoms with E-state index >= 15 is 0 Å². The molecule has 0 aliphatic carbocycles. The number of pyridine rings is 1. The molecule has 4 aromatic rings. The highest BCUT2D eigenvalue weighted by Gasteiger charge is 2.18. The molecule has 0 radical (unpaired) electrons. The standard InChI is InChI=1S/C22H21ClN4O2/c1-13-12-15(7-8-17(13)26(3)4)18-9-10-19(29-18)22(28)25-20-14(2)24-21-16(23)6-5-11-27(20)21/h5-12H,1-4H3,(H,25,28). The Kier molecular flexibility index (Phi) is 4.80. The fourth-order valence-electron chi connectivity index (χ4n) is 3.39. The van der Waals surface area contributed by atoms with E-state index in [9.17, 15) is 4.79 Å². The van der Waals surface area contributed by atoms with E-state index in [2.05, 4.69) is 15.2 Å². The second kappa shape index (κ2) is 7.29. The molecule has 6 nitrogen and oxygen atoms in total. The van der Waals surface area contributed by atoms with Crippen molar-refractivity contribution >= 4 is 34.7 Å². The van der Waals surface area contributed by atoms with Gasteiger partial charge in [-0.15, -0.1) is 0 Å². The van der Waals surface area contributed by atoms with Crippen molar-refractivity contribution in [2.75, 3.05) is 24.3 Å². The number of nitrogens with one attached hydrogen (secondary N) is 1. The van der Waals surface area contributed by atoms with Gasteiger partial charge in [-0.3, -0.25) is 9.20 Å². The Bertz CT molecular complexity index is 1220. The molecule has 0 fully saturated rings. The summed E-state index contributed by atoms with van der Waals surface area (Å²) in [6.07, 6.45) is 1.81. The van der Waals surface area contributed by atoms with E-state index < -0.39 is 0 Å². The lowest BCUT2D eigenvalue weighted by Crippen LogP contribution is -2.13. The molecule has 7 heteroatoms. The van der Waals surface area contributed by atoms with Crippen molar-refractivity contribution < 1.29 is 9.21 Å². The van der Waals surface area contributed by atoms with Crippen LogP contribution in [-0.2, 0) is 0 Å². The van der Waals surface area contributed by atoms with Crippen molar-refractivity contribution in [3.8, 4) is 11.3 Å². The number of carbonyl (C=O) groups excluding carboxylic acids is 1. The van der Waals surface area contributed by atoms with Crippen molar-refractivity contribution in [2.24, 2.45) is 0 Å². The topological polar surface area (TPSA) is 62.8 Å². The highest BCUT2D eigenvalue weighted by molar-refractivity contribution is 6.33. The van der Waals surface area contributed by atoms with Crippen LogP contribution in [0.25, 0.3) is 17.0 Å². The SMILES string of the molecule is Cc1cc(-c2ccc(C(=O)Nc3c(C)nc4c(Cl)cccn34)o2)ccc1N(C)C. The van der Waals surface area contributed by atoms with E-state index in [0.29, 0.717) is 27.9 Å². The largest absolute Gasteiger partial charge is 0.451 e. The number of rotatable bonds is 4. The lowest BCUT2D eigenvalue weighted by molar-refractivity contribution is 0.0997. The number of nitrogens with zero attached hydrogens (tertiary/aromatic N) is 3. The summed E-state index contributed by atoms with van der Waals surface area (Å²) in [5.74, 6) is 1.09.